The molecule has 3 atom stereocenters. The summed E-state index contributed by atoms with van der Waals surface area (Å²) in [5.41, 5.74) is 0. The lowest BCUT2D eigenvalue weighted by Crippen LogP contribution is -2.39. The smallest absolute Gasteiger partial charge is 0.308 e. The van der Waals surface area contributed by atoms with Gasteiger partial charge in [-0.2, -0.15) is 4.31 Å². The molecule has 0 radical (unpaired) electrons. The standard InChI is InChI=1S/C11H17NO4S/c1-2-3-6-17(15,16)12-8-4-5-10(12)9(7-8)11(13)14/h2,8-10H,1,3-7H2,(H,13,14). The van der Waals surface area contributed by atoms with Crippen LogP contribution in [0.4, 0.5) is 0 Å². The first-order valence-electron chi connectivity index (χ1n) is 5.82. The van der Waals surface area contributed by atoms with E-state index in [1.54, 1.807) is 6.08 Å². The Morgan fingerprint density at radius 1 is 1.47 bits per heavy atom. The lowest BCUT2D eigenvalue weighted by molar-refractivity contribution is -0.142. The van der Waals surface area contributed by atoms with Crippen LogP contribution < -0.4 is 0 Å². The van der Waals surface area contributed by atoms with Crippen LogP contribution in [-0.4, -0.2) is 41.6 Å². The van der Waals surface area contributed by atoms with Crippen molar-refractivity contribution in [2.75, 3.05) is 5.75 Å². The average molecular weight is 259 g/mol. The fraction of sp³-hybridized carbons (Fsp3) is 0.727. The molecule has 2 aliphatic heterocycles. The van der Waals surface area contributed by atoms with E-state index >= 15 is 0 Å². The molecule has 5 nitrogen and oxygen atoms in total. The normalized spacial score (nSPS) is 32.8. The highest BCUT2D eigenvalue weighted by Gasteiger charge is 2.53. The van der Waals surface area contributed by atoms with Crippen molar-refractivity contribution in [2.45, 2.75) is 37.8 Å². The van der Waals surface area contributed by atoms with Gasteiger partial charge in [0.2, 0.25) is 10.0 Å². The van der Waals surface area contributed by atoms with Crippen LogP contribution in [0.15, 0.2) is 12.7 Å². The highest BCUT2D eigenvalue weighted by atomic mass is 32.2. The molecule has 0 spiro atoms. The third-order valence-electron chi connectivity index (χ3n) is 3.69. The predicted molar refractivity (Wildman–Crippen MR) is 63.0 cm³/mol. The van der Waals surface area contributed by atoms with E-state index in [4.69, 9.17) is 5.11 Å². The molecule has 1 N–H and O–H groups in total. The van der Waals surface area contributed by atoms with E-state index < -0.39 is 21.9 Å². The SMILES string of the molecule is C=CCCS(=O)(=O)N1C2CCC1C(C(=O)O)C2. The number of aliphatic carboxylic acids is 1. The van der Waals surface area contributed by atoms with E-state index in [-0.39, 0.29) is 17.8 Å². The molecule has 0 saturated carbocycles. The maximum atomic E-state index is 12.1. The number of hydrogen-bond donors (Lipinski definition) is 1. The van der Waals surface area contributed by atoms with Gasteiger partial charge in [0.1, 0.15) is 0 Å². The summed E-state index contributed by atoms with van der Waals surface area (Å²) in [4.78, 5) is 11.0. The number of allylic oxidation sites excluding steroid dienone is 1. The Hall–Kier alpha value is -0.880. The zero-order valence-electron chi connectivity index (χ0n) is 9.58. The second kappa shape index (κ2) is 4.42. The molecular formula is C11H17NO4S. The second-order valence-electron chi connectivity index (χ2n) is 4.70. The Labute approximate surface area is 101 Å². The van der Waals surface area contributed by atoms with E-state index in [9.17, 15) is 13.2 Å². The molecular weight excluding hydrogens is 242 g/mol. The van der Waals surface area contributed by atoms with Crippen LogP contribution in [0, 0.1) is 5.92 Å². The summed E-state index contributed by atoms with van der Waals surface area (Å²) in [6.07, 6.45) is 3.92. The molecule has 2 fully saturated rings. The average Bonchev–Trinajstić information content (AvgIpc) is 2.84. The third-order valence-corrected chi connectivity index (χ3v) is 5.65. The van der Waals surface area contributed by atoms with E-state index in [0.29, 0.717) is 19.3 Å². The number of rotatable bonds is 5. The molecule has 17 heavy (non-hydrogen) atoms. The first-order chi connectivity index (χ1) is 7.97. The number of nitrogens with zero attached hydrogens (tertiary/aromatic N) is 1. The molecule has 6 heteroatoms. The van der Waals surface area contributed by atoms with Crippen molar-refractivity contribution < 1.29 is 18.3 Å². The van der Waals surface area contributed by atoms with Crippen LogP contribution in [0.1, 0.15) is 25.7 Å². The molecule has 2 bridgehead atoms. The summed E-state index contributed by atoms with van der Waals surface area (Å²) >= 11 is 0. The zero-order valence-corrected chi connectivity index (χ0v) is 10.4. The number of fused-ring (bicyclic) bond motifs is 2. The van der Waals surface area contributed by atoms with Crippen molar-refractivity contribution in [3.05, 3.63) is 12.7 Å². The summed E-state index contributed by atoms with van der Waals surface area (Å²) in [7, 11) is -3.33. The summed E-state index contributed by atoms with van der Waals surface area (Å²) in [6, 6.07) is -0.428. The monoisotopic (exact) mass is 259 g/mol. The molecule has 0 aromatic carbocycles. The minimum absolute atomic E-state index is 0.0375. The van der Waals surface area contributed by atoms with Crippen molar-refractivity contribution >= 4 is 16.0 Å². The Morgan fingerprint density at radius 3 is 2.71 bits per heavy atom. The topological polar surface area (TPSA) is 74.7 Å². The zero-order chi connectivity index (χ0) is 12.6. The van der Waals surface area contributed by atoms with Crippen molar-refractivity contribution in [1.82, 2.24) is 4.31 Å². The van der Waals surface area contributed by atoms with Crippen molar-refractivity contribution in [3.8, 4) is 0 Å². The Balaban J connectivity index is 2.18. The first-order valence-corrected chi connectivity index (χ1v) is 7.43. The van der Waals surface area contributed by atoms with Crippen LogP contribution >= 0.6 is 0 Å². The van der Waals surface area contributed by atoms with Gasteiger partial charge < -0.3 is 5.11 Å². The van der Waals surface area contributed by atoms with Crippen LogP contribution in [-0.2, 0) is 14.8 Å². The van der Waals surface area contributed by atoms with Gasteiger partial charge in [-0.25, -0.2) is 8.42 Å². The molecule has 2 aliphatic rings. The van der Waals surface area contributed by atoms with Gasteiger partial charge in [-0.05, 0) is 25.7 Å². The van der Waals surface area contributed by atoms with Gasteiger partial charge in [-0.1, -0.05) is 6.08 Å². The minimum Gasteiger partial charge on any atom is -0.481 e. The largest absolute Gasteiger partial charge is 0.481 e. The van der Waals surface area contributed by atoms with Gasteiger partial charge in [0.05, 0.1) is 11.7 Å². The van der Waals surface area contributed by atoms with Crippen LogP contribution in [0.2, 0.25) is 0 Å². The molecule has 2 heterocycles. The van der Waals surface area contributed by atoms with Crippen LogP contribution in [0.3, 0.4) is 0 Å². The third kappa shape index (κ3) is 2.11. The minimum atomic E-state index is -3.33. The first kappa shape index (κ1) is 12.6. The number of sulfonamides is 1. The second-order valence-corrected chi connectivity index (χ2v) is 6.70. The Morgan fingerprint density at radius 2 is 2.18 bits per heavy atom. The highest BCUT2D eigenvalue weighted by Crippen LogP contribution is 2.43. The molecule has 0 aromatic heterocycles. The molecule has 2 rings (SSSR count). The lowest BCUT2D eigenvalue weighted by atomic mass is 9.89. The van der Waals surface area contributed by atoms with Gasteiger partial charge >= 0.3 is 5.97 Å². The molecule has 96 valence electrons. The Bertz CT molecular complexity index is 431. The summed E-state index contributed by atoms with van der Waals surface area (Å²) in [6.45, 7) is 3.51. The van der Waals surface area contributed by atoms with Crippen molar-refractivity contribution in [2.24, 2.45) is 5.92 Å². The van der Waals surface area contributed by atoms with Gasteiger partial charge in [0, 0.05) is 12.1 Å². The highest BCUT2D eigenvalue weighted by molar-refractivity contribution is 7.89. The molecule has 0 amide bonds. The predicted octanol–water partition coefficient (Wildman–Crippen LogP) is 0.830. The fourth-order valence-electron chi connectivity index (χ4n) is 2.98. The number of carbonyl (C=O) groups is 1. The summed E-state index contributed by atoms with van der Waals surface area (Å²) in [5, 5.41) is 9.06. The number of hydrogen-bond acceptors (Lipinski definition) is 3. The quantitative estimate of drug-likeness (QED) is 0.742. The molecule has 2 saturated heterocycles. The van der Waals surface area contributed by atoms with Crippen molar-refractivity contribution in [3.63, 3.8) is 0 Å². The van der Waals surface area contributed by atoms with E-state index in [1.165, 1.54) is 4.31 Å². The molecule has 0 aromatic rings. The fourth-order valence-corrected chi connectivity index (χ4v) is 4.96. The molecule has 3 unspecified atom stereocenters. The van der Waals surface area contributed by atoms with E-state index in [1.807, 2.05) is 0 Å². The van der Waals surface area contributed by atoms with Crippen molar-refractivity contribution in [1.29, 1.82) is 0 Å². The summed E-state index contributed by atoms with van der Waals surface area (Å²) < 4.78 is 25.7. The molecule has 0 aliphatic carbocycles. The maximum absolute atomic E-state index is 12.1. The van der Waals surface area contributed by atoms with Gasteiger partial charge in [-0.15, -0.1) is 6.58 Å². The van der Waals surface area contributed by atoms with E-state index in [0.717, 1.165) is 6.42 Å². The van der Waals surface area contributed by atoms with E-state index in [2.05, 4.69) is 6.58 Å². The number of carboxylic acids is 1. The maximum Gasteiger partial charge on any atom is 0.308 e. The summed E-state index contributed by atoms with van der Waals surface area (Å²) in [5.74, 6) is -1.36. The van der Waals surface area contributed by atoms with Gasteiger partial charge in [-0.3, -0.25) is 4.79 Å². The van der Waals surface area contributed by atoms with Crippen LogP contribution in [0.5, 0.6) is 0 Å². The van der Waals surface area contributed by atoms with Gasteiger partial charge in [0.15, 0.2) is 0 Å². The lowest BCUT2D eigenvalue weighted by Gasteiger charge is -2.22. The van der Waals surface area contributed by atoms with Gasteiger partial charge in [0.25, 0.3) is 0 Å². The van der Waals surface area contributed by atoms with Crippen LogP contribution in [0.25, 0.3) is 0 Å². The number of carboxylic acid groups (broad SMARTS) is 1. The Kier molecular flexibility index (Phi) is 3.27.